The van der Waals surface area contributed by atoms with Gasteiger partial charge in [0.2, 0.25) is 0 Å². The van der Waals surface area contributed by atoms with E-state index in [1.54, 1.807) is 6.26 Å². The molecule has 0 spiro atoms. The third-order valence-electron chi connectivity index (χ3n) is 2.88. The first-order valence-electron chi connectivity index (χ1n) is 5.31. The Kier molecular flexibility index (Phi) is 3.22. The molecule has 0 bridgehead atoms. The molecule has 78 valence electrons. The Morgan fingerprint density at radius 1 is 1.64 bits per heavy atom. The number of hydrogen-bond acceptors (Lipinski definition) is 3. The van der Waals surface area contributed by atoms with E-state index in [0.29, 0.717) is 6.04 Å². The highest BCUT2D eigenvalue weighted by molar-refractivity contribution is 4.99. The van der Waals surface area contributed by atoms with Crippen LogP contribution in [-0.4, -0.2) is 31.1 Å². The van der Waals surface area contributed by atoms with Gasteiger partial charge < -0.3 is 9.73 Å². The van der Waals surface area contributed by atoms with E-state index in [4.69, 9.17) is 4.42 Å². The van der Waals surface area contributed by atoms with Crippen molar-refractivity contribution in [1.82, 2.24) is 10.2 Å². The van der Waals surface area contributed by atoms with Crippen LogP contribution in [0.5, 0.6) is 0 Å². The molecular weight excluding hydrogens is 176 g/mol. The highest BCUT2D eigenvalue weighted by Crippen LogP contribution is 2.19. The summed E-state index contributed by atoms with van der Waals surface area (Å²) in [5, 5.41) is 3.25. The first-order chi connectivity index (χ1) is 6.90. The maximum atomic E-state index is 5.36. The number of furan rings is 1. The maximum Gasteiger partial charge on any atom is 0.117 e. The number of likely N-dealkylation sites (N-methyl/N-ethyl adjacent to an activating group) is 1. The van der Waals surface area contributed by atoms with Crippen molar-refractivity contribution >= 4 is 0 Å². The Hall–Kier alpha value is -0.800. The lowest BCUT2D eigenvalue weighted by Crippen LogP contribution is -2.36. The van der Waals surface area contributed by atoms with Crippen LogP contribution in [0.25, 0.3) is 0 Å². The Labute approximate surface area is 85.1 Å². The van der Waals surface area contributed by atoms with Crippen molar-refractivity contribution in [3.8, 4) is 0 Å². The van der Waals surface area contributed by atoms with Gasteiger partial charge in [-0.1, -0.05) is 0 Å². The molecular formula is C11H18N2O. The predicted octanol–water partition coefficient (Wildman–Crippen LogP) is 1.46. The van der Waals surface area contributed by atoms with Gasteiger partial charge in [-0.3, -0.25) is 4.90 Å². The van der Waals surface area contributed by atoms with Gasteiger partial charge in [0.15, 0.2) is 0 Å². The van der Waals surface area contributed by atoms with E-state index in [1.807, 2.05) is 13.1 Å². The smallest absolute Gasteiger partial charge is 0.117 e. The minimum atomic E-state index is 0.685. The highest BCUT2D eigenvalue weighted by Gasteiger charge is 2.24. The van der Waals surface area contributed by atoms with Crippen molar-refractivity contribution in [3.63, 3.8) is 0 Å². The summed E-state index contributed by atoms with van der Waals surface area (Å²) < 4.78 is 5.36. The van der Waals surface area contributed by atoms with Gasteiger partial charge in [-0.05, 0) is 38.6 Å². The van der Waals surface area contributed by atoms with Crippen LogP contribution >= 0.6 is 0 Å². The first kappa shape index (κ1) is 9.74. The molecule has 0 aliphatic carbocycles. The average molecular weight is 194 g/mol. The topological polar surface area (TPSA) is 28.4 Å². The zero-order valence-corrected chi connectivity index (χ0v) is 8.70. The van der Waals surface area contributed by atoms with Gasteiger partial charge in [0.25, 0.3) is 0 Å². The van der Waals surface area contributed by atoms with Gasteiger partial charge in [0, 0.05) is 12.6 Å². The van der Waals surface area contributed by atoms with Crippen LogP contribution in [0.1, 0.15) is 18.6 Å². The summed E-state index contributed by atoms with van der Waals surface area (Å²) in [6.07, 6.45) is 4.37. The molecule has 0 unspecified atom stereocenters. The van der Waals surface area contributed by atoms with Crippen LogP contribution in [-0.2, 0) is 6.54 Å². The van der Waals surface area contributed by atoms with Crippen molar-refractivity contribution < 1.29 is 4.42 Å². The van der Waals surface area contributed by atoms with Crippen LogP contribution < -0.4 is 5.32 Å². The summed E-state index contributed by atoms with van der Waals surface area (Å²) in [5.41, 5.74) is 0. The monoisotopic (exact) mass is 194 g/mol. The van der Waals surface area contributed by atoms with Crippen molar-refractivity contribution in [2.45, 2.75) is 25.4 Å². The second-order valence-corrected chi connectivity index (χ2v) is 3.90. The van der Waals surface area contributed by atoms with Gasteiger partial charge in [-0.15, -0.1) is 0 Å². The van der Waals surface area contributed by atoms with Gasteiger partial charge in [0.05, 0.1) is 12.8 Å². The molecule has 14 heavy (non-hydrogen) atoms. The molecule has 1 atom stereocenters. The number of likely N-dealkylation sites (tertiary alicyclic amines) is 1. The van der Waals surface area contributed by atoms with Crippen LogP contribution in [0.2, 0.25) is 0 Å². The second-order valence-electron chi connectivity index (χ2n) is 3.90. The van der Waals surface area contributed by atoms with Gasteiger partial charge in [-0.25, -0.2) is 0 Å². The van der Waals surface area contributed by atoms with Crippen molar-refractivity contribution in [2.24, 2.45) is 0 Å². The van der Waals surface area contributed by atoms with Gasteiger partial charge >= 0.3 is 0 Å². The summed E-state index contributed by atoms with van der Waals surface area (Å²) in [5.74, 6) is 1.08. The fraction of sp³-hybridized carbons (Fsp3) is 0.636. The molecule has 3 nitrogen and oxygen atoms in total. The fourth-order valence-corrected chi connectivity index (χ4v) is 2.17. The van der Waals surface area contributed by atoms with Gasteiger partial charge in [0.1, 0.15) is 5.76 Å². The molecule has 0 radical (unpaired) electrons. The van der Waals surface area contributed by atoms with Crippen molar-refractivity contribution in [1.29, 1.82) is 0 Å². The molecule has 1 N–H and O–H groups in total. The number of nitrogens with zero attached hydrogens (tertiary/aromatic N) is 1. The van der Waals surface area contributed by atoms with E-state index in [0.717, 1.165) is 18.8 Å². The van der Waals surface area contributed by atoms with Crippen LogP contribution in [0, 0.1) is 0 Å². The quantitative estimate of drug-likeness (QED) is 0.786. The summed E-state index contributed by atoms with van der Waals surface area (Å²) >= 11 is 0. The second kappa shape index (κ2) is 4.62. The molecule has 0 saturated carbocycles. The SMILES string of the molecule is CNC[C@@H]1CCCN1Cc1ccco1. The molecule has 1 fully saturated rings. The molecule has 1 aromatic heterocycles. The Bertz CT molecular complexity index is 258. The summed E-state index contributed by atoms with van der Waals surface area (Å²) in [6, 6.07) is 4.69. The summed E-state index contributed by atoms with van der Waals surface area (Å²) in [4.78, 5) is 2.50. The molecule has 1 aliphatic heterocycles. The molecule has 0 amide bonds. The van der Waals surface area contributed by atoms with Crippen molar-refractivity contribution in [3.05, 3.63) is 24.2 Å². The van der Waals surface area contributed by atoms with E-state index in [1.165, 1.54) is 19.4 Å². The molecule has 1 aliphatic rings. The normalized spacial score (nSPS) is 23.1. The minimum absolute atomic E-state index is 0.685. The molecule has 1 saturated heterocycles. The standard InChI is InChI=1S/C11H18N2O/c1-12-8-10-4-2-6-13(10)9-11-5-3-7-14-11/h3,5,7,10,12H,2,4,6,8-9H2,1H3/t10-/m0/s1. The zero-order valence-electron chi connectivity index (χ0n) is 8.70. The van der Waals surface area contributed by atoms with Gasteiger partial charge in [-0.2, -0.15) is 0 Å². The lowest BCUT2D eigenvalue weighted by Gasteiger charge is -2.22. The lowest BCUT2D eigenvalue weighted by molar-refractivity contribution is 0.223. The van der Waals surface area contributed by atoms with E-state index in [9.17, 15) is 0 Å². The predicted molar refractivity (Wildman–Crippen MR) is 56.1 cm³/mol. The molecule has 0 aromatic carbocycles. The average Bonchev–Trinajstić information content (AvgIpc) is 2.80. The largest absolute Gasteiger partial charge is 0.468 e. The zero-order chi connectivity index (χ0) is 9.80. The fourth-order valence-electron chi connectivity index (χ4n) is 2.17. The highest BCUT2D eigenvalue weighted by atomic mass is 16.3. The van der Waals surface area contributed by atoms with E-state index in [-0.39, 0.29) is 0 Å². The third kappa shape index (κ3) is 2.16. The molecule has 1 aromatic rings. The van der Waals surface area contributed by atoms with E-state index < -0.39 is 0 Å². The molecule has 2 heterocycles. The first-order valence-corrected chi connectivity index (χ1v) is 5.31. The molecule has 3 heteroatoms. The summed E-state index contributed by atoms with van der Waals surface area (Å²) in [7, 11) is 2.02. The maximum absolute atomic E-state index is 5.36. The van der Waals surface area contributed by atoms with E-state index in [2.05, 4.69) is 16.3 Å². The Morgan fingerprint density at radius 2 is 2.57 bits per heavy atom. The number of nitrogens with one attached hydrogen (secondary N) is 1. The summed E-state index contributed by atoms with van der Waals surface area (Å²) in [6.45, 7) is 3.24. The lowest BCUT2D eigenvalue weighted by atomic mass is 10.2. The van der Waals surface area contributed by atoms with Crippen LogP contribution in [0.4, 0.5) is 0 Å². The Morgan fingerprint density at radius 3 is 3.29 bits per heavy atom. The third-order valence-corrected chi connectivity index (χ3v) is 2.88. The van der Waals surface area contributed by atoms with Crippen LogP contribution in [0.3, 0.4) is 0 Å². The van der Waals surface area contributed by atoms with Crippen molar-refractivity contribution in [2.75, 3.05) is 20.1 Å². The minimum Gasteiger partial charge on any atom is -0.468 e. The number of hydrogen-bond donors (Lipinski definition) is 1. The molecule has 2 rings (SSSR count). The Balaban J connectivity index is 1.90. The number of rotatable bonds is 4. The van der Waals surface area contributed by atoms with Crippen LogP contribution in [0.15, 0.2) is 22.8 Å². The van der Waals surface area contributed by atoms with E-state index >= 15 is 0 Å².